The Kier molecular flexibility index (Phi) is 7.81. The van der Waals surface area contributed by atoms with E-state index in [0.717, 1.165) is 4.57 Å². The summed E-state index contributed by atoms with van der Waals surface area (Å²) in [7, 11) is 0. The molecule has 3 unspecified atom stereocenters. The molecule has 5 heterocycles. The van der Waals surface area contributed by atoms with Crippen molar-refractivity contribution >= 4 is 47.9 Å². The molecular weight excluding hydrogens is 584 g/mol. The number of aromatic nitrogens is 6. The minimum absolute atomic E-state index is 0.0840. The third-order valence-corrected chi connectivity index (χ3v) is 8.11. The van der Waals surface area contributed by atoms with Gasteiger partial charge in [-0.25, -0.2) is 9.78 Å². The van der Waals surface area contributed by atoms with E-state index in [1.807, 2.05) is 4.98 Å². The van der Waals surface area contributed by atoms with Gasteiger partial charge in [-0.15, -0.1) is 0 Å². The van der Waals surface area contributed by atoms with Crippen molar-refractivity contribution in [2.24, 2.45) is 0 Å². The molecule has 7 N–H and O–H groups in total. The average molecular weight is 608 g/mol. The number of imidazole rings is 1. The Hall–Kier alpha value is -2.45. The highest BCUT2D eigenvalue weighted by Crippen LogP contribution is 2.49. The lowest BCUT2D eigenvalue weighted by Crippen LogP contribution is -2.34. The molecular formula is C19H23FN7O9PS2. The molecule has 16 nitrogen and oxygen atoms in total. The number of ether oxygens (including phenoxy) is 2. The zero-order valence-corrected chi connectivity index (χ0v) is 22.3. The van der Waals surface area contributed by atoms with Gasteiger partial charge >= 0.3 is 12.4 Å². The number of hydrogen-bond acceptors (Lipinski definition) is 13. The van der Waals surface area contributed by atoms with E-state index in [1.165, 1.54) is 6.33 Å². The summed E-state index contributed by atoms with van der Waals surface area (Å²) in [6.07, 6.45) is -3.70. The van der Waals surface area contributed by atoms with Crippen molar-refractivity contribution in [3.05, 3.63) is 43.8 Å². The lowest BCUT2D eigenvalue weighted by Gasteiger charge is -2.24. The summed E-state index contributed by atoms with van der Waals surface area (Å²) in [5.41, 5.74) is 4.38. The number of nitrogens with two attached hydrogens (primary N) is 1. The Morgan fingerprint density at radius 2 is 1.95 bits per heavy atom. The molecule has 2 aliphatic rings. The van der Waals surface area contributed by atoms with Gasteiger partial charge in [0.15, 0.2) is 5.65 Å². The van der Waals surface area contributed by atoms with E-state index in [4.69, 9.17) is 48.3 Å². The highest BCUT2D eigenvalue weighted by molar-refractivity contribution is 8.07. The molecule has 2 saturated heterocycles. The summed E-state index contributed by atoms with van der Waals surface area (Å²) in [6, 6.07) is 0. The standard InChI is InChI=1S/C19H23FN7O9PS2/c20-7-3-26(19(31)24-16(7)30)13-2-9(10(4-28)34-13)36-37(32,39)33-5-11-8(29)1-12(35-11)27-6-22-14-15(27)23-18(21)25-17(14)38/h3,6,8-13,28-29H,1-2,4-5H2,(H,32,39)(H,24,30,31)(H3,21,23,25,38)/t8?,9?,10-,11-,12-,13-,37?/m1/s1. The van der Waals surface area contributed by atoms with Crippen LogP contribution in [0.1, 0.15) is 25.3 Å². The zero-order valence-electron chi connectivity index (χ0n) is 19.7. The third-order valence-electron chi connectivity index (χ3n) is 6.23. The molecule has 0 radical (unpaired) electrons. The first-order valence-electron chi connectivity index (χ1n) is 11.4. The van der Waals surface area contributed by atoms with Gasteiger partial charge in [-0.05, 0) is 11.8 Å². The fourth-order valence-corrected chi connectivity index (χ4v) is 6.10. The summed E-state index contributed by atoms with van der Waals surface area (Å²) in [5, 5.41) is 20.2. The van der Waals surface area contributed by atoms with Crippen LogP contribution in [-0.2, 0) is 30.3 Å². The number of halogens is 1. The predicted molar refractivity (Wildman–Crippen MR) is 136 cm³/mol. The molecule has 0 bridgehead atoms. The lowest BCUT2D eigenvalue weighted by atomic mass is 10.2. The van der Waals surface area contributed by atoms with Crippen molar-refractivity contribution in [2.75, 3.05) is 18.9 Å². The zero-order chi connectivity index (χ0) is 28.1. The van der Waals surface area contributed by atoms with Gasteiger partial charge in [0.2, 0.25) is 11.8 Å². The molecule has 3 aromatic heterocycles. The lowest BCUT2D eigenvalue weighted by molar-refractivity contribution is -0.0521. The Balaban J connectivity index is 1.23. The monoisotopic (exact) mass is 607 g/mol. The maximum Gasteiger partial charge on any atom is 0.330 e. The maximum atomic E-state index is 13.7. The molecule has 2 aliphatic heterocycles. The number of anilines is 1. The van der Waals surface area contributed by atoms with Crippen molar-refractivity contribution in [3.63, 3.8) is 0 Å². The van der Waals surface area contributed by atoms with Crippen LogP contribution in [-0.4, -0.2) is 81.8 Å². The second-order valence-electron chi connectivity index (χ2n) is 8.81. The van der Waals surface area contributed by atoms with E-state index in [2.05, 4.69) is 15.0 Å². The quantitative estimate of drug-likeness (QED) is 0.138. The van der Waals surface area contributed by atoms with E-state index < -0.39 is 67.3 Å². The van der Waals surface area contributed by atoms with Crippen molar-refractivity contribution in [1.82, 2.24) is 29.1 Å². The van der Waals surface area contributed by atoms with Gasteiger partial charge in [0.1, 0.15) is 34.8 Å². The van der Waals surface area contributed by atoms with Gasteiger partial charge in [0.05, 0.1) is 37.9 Å². The van der Waals surface area contributed by atoms with Crippen LogP contribution in [0.25, 0.3) is 11.2 Å². The molecule has 0 aromatic carbocycles. The number of H-pyrrole nitrogens is 2. The Morgan fingerprint density at radius 3 is 2.69 bits per heavy atom. The average Bonchev–Trinajstić information content (AvgIpc) is 3.56. The first-order chi connectivity index (χ1) is 18.5. The predicted octanol–water partition coefficient (Wildman–Crippen LogP) is -0.693. The number of nitrogens with zero attached hydrogens (tertiary/aromatic N) is 4. The number of aliphatic hydroxyl groups is 2. The van der Waals surface area contributed by atoms with Crippen LogP contribution in [0.2, 0.25) is 0 Å². The Labute approximate surface area is 227 Å². The third kappa shape index (κ3) is 5.73. The van der Waals surface area contributed by atoms with Gasteiger partial charge < -0.3 is 44.3 Å². The highest BCUT2D eigenvalue weighted by Gasteiger charge is 2.42. The molecule has 39 heavy (non-hydrogen) atoms. The van der Waals surface area contributed by atoms with Crippen LogP contribution in [0.4, 0.5) is 10.3 Å². The fraction of sp³-hybridized carbons (Fsp3) is 0.526. The van der Waals surface area contributed by atoms with E-state index in [9.17, 15) is 29.1 Å². The summed E-state index contributed by atoms with van der Waals surface area (Å²) in [5.74, 6) is -1.13. The van der Waals surface area contributed by atoms with Crippen LogP contribution in [0, 0.1) is 10.5 Å². The number of nitrogens with one attached hydrogen (secondary N) is 2. The highest BCUT2D eigenvalue weighted by atomic mass is 32.5. The fourth-order valence-electron chi connectivity index (χ4n) is 4.38. The van der Waals surface area contributed by atoms with Gasteiger partial charge in [-0.1, -0.05) is 12.2 Å². The molecule has 212 valence electrons. The van der Waals surface area contributed by atoms with Crippen LogP contribution in [0.3, 0.4) is 0 Å². The van der Waals surface area contributed by atoms with Gasteiger partial charge in [-0.2, -0.15) is 9.37 Å². The largest absolute Gasteiger partial charge is 0.394 e. The van der Waals surface area contributed by atoms with Crippen LogP contribution < -0.4 is 17.0 Å². The van der Waals surface area contributed by atoms with Crippen LogP contribution in [0.15, 0.2) is 22.1 Å². The number of nitrogen functional groups attached to an aromatic ring is 1. The Bertz CT molecular complexity index is 1610. The summed E-state index contributed by atoms with van der Waals surface area (Å²) in [6.45, 7) is -4.91. The number of aromatic amines is 2. The SMILES string of the molecule is Nc1nc2c(ncn2[C@H]2CC(O)[C@@H](COP(O)(=S)OC3C[C@H](n4cc(F)c(=O)[nH]c4=O)O[C@@H]3CO)O2)c(=S)[nH]1. The molecule has 5 rings (SSSR count). The molecule has 3 aromatic rings. The second-order valence-corrected chi connectivity index (χ2v) is 12.0. The molecule has 0 saturated carbocycles. The number of aliphatic hydroxyl groups excluding tert-OH is 2. The maximum absolute atomic E-state index is 13.7. The van der Waals surface area contributed by atoms with Gasteiger partial charge in [0, 0.05) is 12.8 Å². The molecule has 0 amide bonds. The van der Waals surface area contributed by atoms with Gasteiger partial charge in [-0.3, -0.25) is 18.9 Å². The van der Waals surface area contributed by atoms with Crippen molar-refractivity contribution in [2.45, 2.75) is 49.7 Å². The number of hydrogen-bond donors (Lipinski definition) is 6. The topological polar surface area (TPSA) is 225 Å². The van der Waals surface area contributed by atoms with Crippen molar-refractivity contribution in [3.8, 4) is 0 Å². The smallest absolute Gasteiger partial charge is 0.330 e. The normalized spacial score (nSPS) is 28.7. The summed E-state index contributed by atoms with van der Waals surface area (Å²) < 4.78 is 38.7. The van der Waals surface area contributed by atoms with Crippen molar-refractivity contribution < 1.29 is 38.0 Å². The molecule has 20 heteroatoms. The van der Waals surface area contributed by atoms with Crippen LogP contribution >= 0.6 is 18.9 Å². The number of fused-ring (bicyclic) bond motifs is 1. The first kappa shape index (κ1) is 28.1. The summed E-state index contributed by atoms with van der Waals surface area (Å²) in [4.78, 5) is 46.9. The Morgan fingerprint density at radius 1 is 1.23 bits per heavy atom. The molecule has 0 spiro atoms. The minimum atomic E-state index is -3.98. The molecule has 2 fully saturated rings. The second kappa shape index (κ2) is 10.8. The van der Waals surface area contributed by atoms with E-state index in [-0.39, 0.29) is 25.4 Å². The van der Waals surface area contributed by atoms with E-state index >= 15 is 0 Å². The van der Waals surface area contributed by atoms with Crippen molar-refractivity contribution in [1.29, 1.82) is 0 Å². The minimum Gasteiger partial charge on any atom is -0.394 e. The summed E-state index contributed by atoms with van der Waals surface area (Å²) >= 11 is 10.3. The van der Waals surface area contributed by atoms with Gasteiger partial charge in [0.25, 0.3) is 5.56 Å². The number of rotatable bonds is 8. The molecule has 7 atom stereocenters. The van der Waals surface area contributed by atoms with E-state index in [0.29, 0.717) is 22.0 Å². The first-order valence-corrected chi connectivity index (χ1v) is 14.4. The van der Waals surface area contributed by atoms with E-state index in [1.54, 1.807) is 4.57 Å². The molecule has 0 aliphatic carbocycles. The van der Waals surface area contributed by atoms with Crippen LogP contribution in [0.5, 0.6) is 0 Å².